The zero-order valence-electron chi connectivity index (χ0n) is 14.5. The average molecular weight is 412 g/mol. The number of halogens is 3. The van der Waals surface area contributed by atoms with Gasteiger partial charge in [-0.05, 0) is 48.9 Å². The molecule has 6 nitrogen and oxygen atoms in total. The van der Waals surface area contributed by atoms with E-state index in [0.29, 0.717) is 18.8 Å². The number of hydrogen-bond donors (Lipinski definition) is 3. The van der Waals surface area contributed by atoms with Gasteiger partial charge in [0.1, 0.15) is 4.90 Å². The molecule has 1 heterocycles. The van der Waals surface area contributed by atoms with Crippen LogP contribution in [0, 0.1) is 0 Å². The Bertz CT molecular complexity index is 1020. The van der Waals surface area contributed by atoms with Crippen molar-refractivity contribution in [1.29, 1.82) is 0 Å². The third-order valence-electron chi connectivity index (χ3n) is 4.08. The first kappa shape index (κ1) is 19.9. The highest BCUT2D eigenvalue weighted by Crippen LogP contribution is 2.29. The lowest BCUT2D eigenvalue weighted by atomic mass is 10.1. The Hall–Kier alpha value is -2.88. The highest BCUT2D eigenvalue weighted by atomic mass is 32.2. The van der Waals surface area contributed by atoms with Crippen LogP contribution in [0.4, 0.5) is 18.9 Å². The summed E-state index contributed by atoms with van der Waals surface area (Å²) in [5.74, 6) is -0.137. The summed E-state index contributed by atoms with van der Waals surface area (Å²) < 4.78 is 65.1. The molecule has 0 aliphatic carbocycles. The molecule has 0 atom stereocenters. The molecule has 1 aliphatic rings. The molecule has 1 aliphatic heterocycles. The van der Waals surface area contributed by atoms with E-state index in [1.807, 2.05) is 0 Å². The molecule has 0 radical (unpaired) electrons. The number of amides is 1. The SMILES string of the molecule is O=C(Nc1cccc(S(=O)(=O)NC2=[NH+]CCC2)c1)c1ccc(C(F)(F)F)cc1. The molecule has 0 spiro atoms. The van der Waals surface area contributed by atoms with Crippen LogP contribution in [0.25, 0.3) is 0 Å². The Balaban J connectivity index is 1.74. The van der Waals surface area contributed by atoms with Gasteiger partial charge in [-0.3, -0.25) is 9.79 Å². The summed E-state index contributed by atoms with van der Waals surface area (Å²) in [7, 11) is -3.81. The number of alkyl halides is 3. The van der Waals surface area contributed by atoms with Gasteiger partial charge < -0.3 is 5.32 Å². The van der Waals surface area contributed by atoms with E-state index in [4.69, 9.17) is 0 Å². The lowest BCUT2D eigenvalue weighted by molar-refractivity contribution is -0.448. The zero-order valence-corrected chi connectivity index (χ0v) is 15.3. The molecule has 2 aromatic rings. The van der Waals surface area contributed by atoms with E-state index in [0.717, 1.165) is 30.7 Å². The van der Waals surface area contributed by atoms with E-state index in [1.165, 1.54) is 24.3 Å². The monoisotopic (exact) mass is 412 g/mol. The molecule has 0 bridgehead atoms. The van der Waals surface area contributed by atoms with Crippen molar-refractivity contribution in [2.24, 2.45) is 0 Å². The van der Waals surface area contributed by atoms with E-state index in [1.54, 1.807) is 0 Å². The van der Waals surface area contributed by atoms with Crippen LogP contribution in [0.15, 0.2) is 53.4 Å². The van der Waals surface area contributed by atoms with Crippen LogP contribution in [0.5, 0.6) is 0 Å². The highest BCUT2D eigenvalue weighted by molar-refractivity contribution is 7.90. The number of rotatable bonds is 4. The highest BCUT2D eigenvalue weighted by Gasteiger charge is 2.30. The largest absolute Gasteiger partial charge is 0.416 e. The third-order valence-corrected chi connectivity index (χ3v) is 5.47. The van der Waals surface area contributed by atoms with E-state index in [2.05, 4.69) is 15.0 Å². The summed E-state index contributed by atoms with van der Waals surface area (Å²) >= 11 is 0. The standard InChI is InChI=1S/C18H16F3N3O3S/c19-18(20,21)13-8-6-12(7-9-13)17(25)23-14-3-1-4-15(11-14)28(26,27)24-16-5-2-10-22-16/h1,3-4,6-9,11H,2,5,10H2,(H,22,24)(H,23,25)/p+1. The van der Waals surface area contributed by atoms with Gasteiger partial charge in [-0.25, -0.2) is 0 Å². The lowest BCUT2D eigenvalue weighted by Crippen LogP contribution is -2.72. The summed E-state index contributed by atoms with van der Waals surface area (Å²) in [5.41, 5.74) is -0.636. The van der Waals surface area contributed by atoms with Crippen LogP contribution < -0.4 is 15.0 Å². The fraction of sp³-hybridized carbons (Fsp3) is 0.222. The van der Waals surface area contributed by atoms with Gasteiger partial charge in [-0.1, -0.05) is 6.07 Å². The fourth-order valence-electron chi connectivity index (χ4n) is 2.66. The second kappa shape index (κ2) is 7.63. The number of sulfonamides is 1. The van der Waals surface area contributed by atoms with Crippen molar-refractivity contribution in [1.82, 2.24) is 4.72 Å². The van der Waals surface area contributed by atoms with Crippen LogP contribution in [0.1, 0.15) is 28.8 Å². The van der Waals surface area contributed by atoms with E-state index < -0.39 is 27.7 Å². The van der Waals surface area contributed by atoms with Gasteiger partial charge in [0, 0.05) is 11.3 Å². The number of carbonyl (C=O) groups excluding carboxylic acids is 1. The molecule has 0 saturated carbocycles. The first-order valence-corrected chi connectivity index (χ1v) is 9.85. The fourth-order valence-corrected chi connectivity index (χ4v) is 3.81. The average Bonchev–Trinajstić information content (AvgIpc) is 3.13. The van der Waals surface area contributed by atoms with Crippen molar-refractivity contribution in [3.05, 3.63) is 59.7 Å². The van der Waals surface area contributed by atoms with Gasteiger partial charge in [-0.2, -0.15) is 26.3 Å². The quantitative estimate of drug-likeness (QED) is 0.711. The molecule has 10 heteroatoms. The number of amidine groups is 1. The molecule has 148 valence electrons. The smallest absolute Gasteiger partial charge is 0.322 e. The van der Waals surface area contributed by atoms with Crippen molar-refractivity contribution < 1.29 is 31.4 Å². The zero-order chi connectivity index (χ0) is 20.4. The molecule has 28 heavy (non-hydrogen) atoms. The Morgan fingerprint density at radius 3 is 2.39 bits per heavy atom. The Kier molecular flexibility index (Phi) is 5.41. The molecule has 0 fully saturated rings. The van der Waals surface area contributed by atoms with Gasteiger partial charge in [0.05, 0.1) is 18.5 Å². The Morgan fingerprint density at radius 2 is 1.79 bits per heavy atom. The van der Waals surface area contributed by atoms with Crippen molar-refractivity contribution in [3.63, 3.8) is 0 Å². The van der Waals surface area contributed by atoms with Gasteiger partial charge >= 0.3 is 16.2 Å². The number of benzene rings is 2. The van der Waals surface area contributed by atoms with Crippen LogP contribution >= 0.6 is 0 Å². The van der Waals surface area contributed by atoms with Crippen molar-refractivity contribution >= 4 is 27.5 Å². The molecule has 1 amide bonds. The third kappa shape index (κ3) is 4.69. The summed E-state index contributed by atoms with van der Waals surface area (Å²) in [6, 6.07) is 9.35. The van der Waals surface area contributed by atoms with Gasteiger partial charge in [0.15, 0.2) is 0 Å². The van der Waals surface area contributed by atoms with Crippen LogP contribution in [0.2, 0.25) is 0 Å². The Morgan fingerprint density at radius 1 is 1.07 bits per heavy atom. The summed E-state index contributed by atoms with van der Waals surface area (Å²) in [5, 5.41) is 2.49. The molecular weight excluding hydrogens is 395 g/mol. The minimum atomic E-state index is -4.49. The summed E-state index contributed by atoms with van der Waals surface area (Å²) in [4.78, 5) is 15.1. The topological polar surface area (TPSA) is 89.2 Å². The predicted octanol–water partition coefficient (Wildman–Crippen LogP) is 1.51. The number of carbonyl (C=O) groups is 1. The minimum Gasteiger partial charge on any atom is -0.322 e. The second-order valence-corrected chi connectivity index (χ2v) is 7.85. The van der Waals surface area contributed by atoms with E-state index >= 15 is 0 Å². The predicted molar refractivity (Wildman–Crippen MR) is 96.2 cm³/mol. The van der Waals surface area contributed by atoms with Crippen LogP contribution in [-0.4, -0.2) is 26.7 Å². The first-order valence-electron chi connectivity index (χ1n) is 8.36. The molecule has 0 aromatic heterocycles. The molecule has 0 saturated heterocycles. The van der Waals surface area contributed by atoms with Crippen molar-refractivity contribution in [3.8, 4) is 0 Å². The number of anilines is 1. The van der Waals surface area contributed by atoms with Gasteiger partial charge in [-0.15, -0.1) is 0 Å². The number of hydrogen-bond acceptors (Lipinski definition) is 3. The first-order chi connectivity index (χ1) is 13.1. The van der Waals surface area contributed by atoms with Crippen LogP contribution in [-0.2, 0) is 16.2 Å². The molecular formula is C18H17F3N3O3S+. The summed E-state index contributed by atoms with van der Waals surface area (Å²) in [6.07, 6.45) is -3.05. The van der Waals surface area contributed by atoms with E-state index in [-0.39, 0.29) is 16.1 Å². The normalized spacial score (nSPS) is 14.5. The maximum absolute atomic E-state index is 12.6. The van der Waals surface area contributed by atoms with E-state index in [9.17, 15) is 26.4 Å². The number of nitrogens with one attached hydrogen (secondary N) is 3. The molecule has 3 rings (SSSR count). The Labute approximate surface area is 159 Å². The summed E-state index contributed by atoms with van der Waals surface area (Å²) in [6.45, 7) is 0.696. The van der Waals surface area contributed by atoms with Crippen molar-refractivity contribution in [2.45, 2.75) is 23.9 Å². The minimum absolute atomic E-state index is 0.0186. The molecule has 2 aromatic carbocycles. The molecule has 0 unspecified atom stereocenters. The lowest BCUT2D eigenvalue weighted by Gasteiger charge is -2.09. The van der Waals surface area contributed by atoms with Crippen LogP contribution in [0.3, 0.4) is 0 Å². The maximum Gasteiger partial charge on any atom is 0.416 e. The second-order valence-electron chi connectivity index (χ2n) is 6.17. The van der Waals surface area contributed by atoms with Crippen molar-refractivity contribution in [2.75, 3.05) is 11.9 Å². The van der Waals surface area contributed by atoms with Gasteiger partial charge in [0.2, 0.25) is 0 Å². The molecule has 3 N–H and O–H groups in total. The maximum atomic E-state index is 12.6. The van der Waals surface area contributed by atoms with Gasteiger partial charge in [0.25, 0.3) is 11.7 Å².